The highest BCUT2D eigenvalue weighted by atomic mass is 35.5. The van der Waals surface area contributed by atoms with E-state index in [1.807, 2.05) is 7.05 Å². The van der Waals surface area contributed by atoms with E-state index in [9.17, 15) is 0 Å². The van der Waals surface area contributed by atoms with Crippen molar-refractivity contribution in [3.8, 4) is 5.75 Å². The molecule has 0 spiro atoms. The summed E-state index contributed by atoms with van der Waals surface area (Å²) in [7, 11) is 1.94. The summed E-state index contributed by atoms with van der Waals surface area (Å²) in [5, 5.41) is 3.15. The number of nitrogens with one attached hydrogen (secondary N) is 1. The minimum absolute atomic E-state index is 0. The van der Waals surface area contributed by atoms with Crippen LogP contribution < -0.4 is 10.1 Å². The fourth-order valence-electron chi connectivity index (χ4n) is 1.32. The first-order valence-corrected chi connectivity index (χ1v) is 5.01. The standard InChI is InChI=1S/C12H19NO.ClH/c1-9-6-5-7-10(2)12(9)14-8-11(3)13-4;/h5-7,11,13H,8H2,1-4H3;1H. The van der Waals surface area contributed by atoms with Crippen molar-refractivity contribution < 1.29 is 4.74 Å². The topological polar surface area (TPSA) is 21.3 Å². The molecule has 0 aliphatic heterocycles. The Labute approximate surface area is 98.4 Å². The van der Waals surface area contributed by atoms with Gasteiger partial charge in [-0.15, -0.1) is 12.4 Å². The van der Waals surface area contributed by atoms with Crippen molar-refractivity contribution in [2.75, 3.05) is 13.7 Å². The summed E-state index contributed by atoms with van der Waals surface area (Å²) < 4.78 is 5.76. The number of aryl methyl sites for hydroxylation is 2. The van der Waals surface area contributed by atoms with Gasteiger partial charge in [0.15, 0.2) is 0 Å². The highest BCUT2D eigenvalue weighted by molar-refractivity contribution is 5.85. The molecule has 15 heavy (non-hydrogen) atoms. The van der Waals surface area contributed by atoms with Gasteiger partial charge < -0.3 is 10.1 Å². The Morgan fingerprint density at radius 1 is 1.27 bits per heavy atom. The number of benzene rings is 1. The van der Waals surface area contributed by atoms with Gasteiger partial charge >= 0.3 is 0 Å². The maximum atomic E-state index is 5.76. The Balaban J connectivity index is 0.00000196. The van der Waals surface area contributed by atoms with Crippen molar-refractivity contribution in [1.82, 2.24) is 5.32 Å². The van der Waals surface area contributed by atoms with E-state index in [-0.39, 0.29) is 12.4 Å². The second-order valence-corrected chi connectivity index (χ2v) is 3.72. The fourth-order valence-corrected chi connectivity index (χ4v) is 1.32. The summed E-state index contributed by atoms with van der Waals surface area (Å²) >= 11 is 0. The molecule has 2 nitrogen and oxygen atoms in total. The number of ether oxygens (including phenoxy) is 1. The van der Waals surface area contributed by atoms with Crippen LogP contribution in [0.25, 0.3) is 0 Å². The lowest BCUT2D eigenvalue weighted by Crippen LogP contribution is -2.28. The summed E-state index contributed by atoms with van der Waals surface area (Å²) in [6, 6.07) is 6.59. The average molecular weight is 230 g/mol. The lowest BCUT2D eigenvalue weighted by Gasteiger charge is -2.15. The summed E-state index contributed by atoms with van der Waals surface area (Å²) in [5.74, 6) is 1.02. The first-order chi connectivity index (χ1) is 6.65. The number of hydrogen-bond donors (Lipinski definition) is 1. The zero-order valence-electron chi connectivity index (χ0n) is 9.83. The summed E-state index contributed by atoms with van der Waals surface area (Å²) in [6.07, 6.45) is 0. The van der Waals surface area contributed by atoms with Crippen LogP contribution in [0.3, 0.4) is 0 Å². The molecule has 3 heteroatoms. The van der Waals surface area contributed by atoms with Crippen LogP contribution in [-0.2, 0) is 0 Å². The lowest BCUT2D eigenvalue weighted by atomic mass is 10.1. The minimum atomic E-state index is 0. The second kappa shape index (κ2) is 6.70. The molecule has 0 aliphatic carbocycles. The quantitative estimate of drug-likeness (QED) is 0.857. The van der Waals surface area contributed by atoms with Crippen LogP contribution in [0, 0.1) is 13.8 Å². The Morgan fingerprint density at radius 3 is 2.27 bits per heavy atom. The van der Waals surface area contributed by atoms with Crippen LogP contribution in [0.5, 0.6) is 5.75 Å². The summed E-state index contributed by atoms with van der Waals surface area (Å²) in [6.45, 7) is 6.97. The fraction of sp³-hybridized carbons (Fsp3) is 0.500. The largest absolute Gasteiger partial charge is 0.491 e. The highest BCUT2D eigenvalue weighted by Crippen LogP contribution is 2.22. The second-order valence-electron chi connectivity index (χ2n) is 3.72. The maximum absolute atomic E-state index is 5.76. The molecular weight excluding hydrogens is 210 g/mol. The van der Waals surface area contributed by atoms with Gasteiger partial charge in [0.05, 0.1) is 0 Å². The van der Waals surface area contributed by atoms with Gasteiger partial charge in [0.25, 0.3) is 0 Å². The third-order valence-electron chi connectivity index (χ3n) is 2.38. The molecule has 1 unspecified atom stereocenters. The van der Waals surface area contributed by atoms with Crippen molar-refractivity contribution >= 4 is 12.4 Å². The smallest absolute Gasteiger partial charge is 0.125 e. The minimum Gasteiger partial charge on any atom is -0.491 e. The third-order valence-corrected chi connectivity index (χ3v) is 2.38. The van der Waals surface area contributed by atoms with Crippen LogP contribution in [0.1, 0.15) is 18.1 Å². The van der Waals surface area contributed by atoms with Gasteiger partial charge in [0, 0.05) is 6.04 Å². The van der Waals surface area contributed by atoms with E-state index in [2.05, 4.69) is 44.3 Å². The van der Waals surface area contributed by atoms with Crippen LogP contribution in [-0.4, -0.2) is 19.7 Å². The molecule has 1 N–H and O–H groups in total. The van der Waals surface area contributed by atoms with E-state index in [1.165, 1.54) is 11.1 Å². The molecule has 0 radical (unpaired) electrons. The Morgan fingerprint density at radius 2 is 1.80 bits per heavy atom. The molecule has 0 bridgehead atoms. The van der Waals surface area contributed by atoms with E-state index in [0.29, 0.717) is 12.6 Å². The van der Waals surface area contributed by atoms with Crippen LogP contribution in [0.2, 0.25) is 0 Å². The molecule has 0 saturated carbocycles. The first kappa shape index (κ1) is 14.3. The Kier molecular flexibility index (Phi) is 6.37. The van der Waals surface area contributed by atoms with Crippen molar-refractivity contribution in [2.24, 2.45) is 0 Å². The third kappa shape index (κ3) is 4.10. The number of halogens is 1. The van der Waals surface area contributed by atoms with Gasteiger partial charge in [-0.05, 0) is 38.9 Å². The summed E-state index contributed by atoms with van der Waals surface area (Å²) in [4.78, 5) is 0. The normalized spacial score (nSPS) is 11.7. The van der Waals surface area contributed by atoms with Crippen molar-refractivity contribution in [3.05, 3.63) is 29.3 Å². The molecule has 0 saturated heterocycles. The predicted octanol–water partition coefficient (Wildman–Crippen LogP) is 2.71. The van der Waals surface area contributed by atoms with Gasteiger partial charge in [-0.3, -0.25) is 0 Å². The van der Waals surface area contributed by atoms with E-state index in [1.54, 1.807) is 0 Å². The van der Waals surface area contributed by atoms with Crippen LogP contribution in [0.15, 0.2) is 18.2 Å². The van der Waals surface area contributed by atoms with E-state index >= 15 is 0 Å². The molecule has 86 valence electrons. The number of hydrogen-bond acceptors (Lipinski definition) is 2. The number of rotatable bonds is 4. The first-order valence-electron chi connectivity index (χ1n) is 5.01. The highest BCUT2D eigenvalue weighted by Gasteiger charge is 2.04. The number of likely N-dealkylation sites (N-methyl/N-ethyl adjacent to an activating group) is 1. The van der Waals surface area contributed by atoms with Crippen molar-refractivity contribution in [2.45, 2.75) is 26.8 Å². The van der Waals surface area contributed by atoms with Crippen molar-refractivity contribution in [1.29, 1.82) is 0 Å². The van der Waals surface area contributed by atoms with Gasteiger partial charge in [0.1, 0.15) is 12.4 Å². The molecule has 1 rings (SSSR count). The summed E-state index contributed by atoms with van der Waals surface area (Å²) in [5.41, 5.74) is 2.40. The van der Waals surface area contributed by atoms with Crippen molar-refractivity contribution in [3.63, 3.8) is 0 Å². The molecule has 0 fully saturated rings. The predicted molar refractivity (Wildman–Crippen MR) is 67.2 cm³/mol. The number of para-hydroxylation sites is 1. The maximum Gasteiger partial charge on any atom is 0.125 e. The van der Waals surface area contributed by atoms with E-state index in [4.69, 9.17) is 4.74 Å². The van der Waals surface area contributed by atoms with Gasteiger partial charge in [0.2, 0.25) is 0 Å². The zero-order valence-corrected chi connectivity index (χ0v) is 10.6. The van der Waals surface area contributed by atoms with E-state index in [0.717, 1.165) is 5.75 Å². The molecule has 0 heterocycles. The van der Waals surface area contributed by atoms with Crippen LogP contribution >= 0.6 is 12.4 Å². The lowest BCUT2D eigenvalue weighted by molar-refractivity contribution is 0.276. The molecular formula is C12H20ClNO. The van der Waals surface area contributed by atoms with E-state index < -0.39 is 0 Å². The van der Waals surface area contributed by atoms with Crippen LogP contribution in [0.4, 0.5) is 0 Å². The molecule has 1 aromatic rings. The Hall–Kier alpha value is -0.730. The molecule has 1 atom stereocenters. The average Bonchev–Trinajstić information content (AvgIpc) is 2.16. The monoisotopic (exact) mass is 229 g/mol. The SMILES string of the molecule is CNC(C)COc1c(C)cccc1C.Cl. The molecule has 0 amide bonds. The zero-order chi connectivity index (χ0) is 10.6. The van der Waals surface area contributed by atoms with Gasteiger partial charge in [-0.1, -0.05) is 18.2 Å². The molecule has 0 aliphatic rings. The van der Waals surface area contributed by atoms with Gasteiger partial charge in [-0.2, -0.15) is 0 Å². The van der Waals surface area contributed by atoms with Gasteiger partial charge in [-0.25, -0.2) is 0 Å². The molecule has 1 aromatic carbocycles. The Bertz CT molecular complexity index is 281. The molecule has 0 aromatic heterocycles.